The van der Waals surface area contributed by atoms with Gasteiger partial charge in [0.05, 0.1) is 5.52 Å². The summed E-state index contributed by atoms with van der Waals surface area (Å²) in [6.07, 6.45) is 0.971. The topological polar surface area (TPSA) is 64.4 Å². The van der Waals surface area contributed by atoms with Crippen molar-refractivity contribution < 1.29 is 4.42 Å². The van der Waals surface area contributed by atoms with Crippen molar-refractivity contribution in [1.29, 1.82) is 0 Å². The molecule has 5 heteroatoms. The molecule has 0 saturated heterocycles. The molecule has 0 saturated carbocycles. The van der Waals surface area contributed by atoms with Gasteiger partial charge in [0, 0.05) is 19.6 Å². The van der Waals surface area contributed by atoms with Gasteiger partial charge in [0.1, 0.15) is 0 Å². The number of hydrogen-bond acceptors (Lipinski definition) is 4. The molecule has 0 spiro atoms. The summed E-state index contributed by atoms with van der Waals surface area (Å²) in [6, 6.07) is 6.33. The maximum atomic E-state index is 11.4. The van der Waals surface area contributed by atoms with E-state index in [4.69, 9.17) is 10.2 Å². The number of oxazole rings is 1. The van der Waals surface area contributed by atoms with Crippen LogP contribution < -0.4 is 11.5 Å². The second kappa shape index (κ2) is 5.59. The SMILES string of the molecule is CC(CCN)N(C)Cc1ccc2c(c1)oc(=O)n2C. The molecule has 1 atom stereocenters. The van der Waals surface area contributed by atoms with E-state index in [0.717, 1.165) is 24.0 Å². The summed E-state index contributed by atoms with van der Waals surface area (Å²) in [5.41, 5.74) is 8.18. The zero-order valence-corrected chi connectivity index (χ0v) is 11.7. The molecule has 0 aliphatic carbocycles. The first-order chi connectivity index (χ1) is 9.02. The normalized spacial score (nSPS) is 13.3. The van der Waals surface area contributed by atoms with Gasteiger partial charge in [0.25, 0.3) is 0 Å². The zero-order chi connectivity index (χ0) is 14.0. The Kier molecular flexibility index (Phi) is 4.07. The lowest BCUT2D eigenvalue weighted by atomic mass is 10.1. The second-order valence-electron chi connectivity index (χ2n) is 5.07. The second-order valence-corrected chi connectivity index (χ2v) is 5.07. The Morgan fingerprint density at radius 3 is 2.89 bits per heavy atom. The number of fused-ring (bicyclic) bond motifs is 1. The van der Waals surface area contributed by atoms with Crippen molar-refractivity contribution in [3.05, 3.63) is 34.3 Å². The predicted molar refractivity (Wildman–Crippen MR) is 76.1 cm³/mol. The molecule has 0 fully saturated rings. The van der Waals surface area contributed by atoms with E-state index >= 15 is 0 Å². The third-order valence-corrected chi connectivity index (χ3v) is 3.63. The number of aryl methyl sites for hydroxylation is 1. The minimum atomic E-state index is -0.322. The minimum Gasteiger partial charge on any atom is -0.408 e. The van der Waals surface area contributed by atoms with Crippen molar-refractivity contribution in [1.82, 2.24) is 9.47 Å². The molecular formula is C14H21N3O2. The molecule has 1 aromatic heterocycles. The molecule has 2 aromatic rings. The summed E-state index contributed by atoms with van der Waals surface area (Å²) >= 11 is 0. The van der Waals surface area contributed by atoms with Crippen LogP contribution in [0.1, 0.15) is 18.9 Å². The van der Waals surface area contributed by atoms with Crippen molar-refractivity contribution in [3.8, 4) is 0 Å². The summed E-state index contributed by atoms with van der Waals surface area (Å²) in [5.74, 6) is -0.322. The maximum absolute atomic E-state index is 11.4. The fourth-order valence-electron chi connectivity index (χ4n) is 2.18. The molecule has 5 nitrogen and oxygen atoms in total. The van der Waals surface area contributed by atoms with Crippen LogP contribution in [0.4, 0.5) is 0 Å². The quantitative estimate of drug-likeness (QED) is 0.883. The van der Waals surface area contributed by atoms with Crippen molar-refractivity contribution in [2.24, 2.45) is 12.8 Å². The van der Waals surface area contributed by atoms with Crippen LogP contribution >= 0.6 is 0 Å². The molecular weight excluding hydrogens is 242 g/mol. The summed E-state index contributed by atoms with van der Waals surface area (Å²) in [4.78, 5) is 13.7. The molecule has 2 rings (SSSR count). The Bertz CT molecular complexity index is 615. The molecule has 1 aromatic carbocycles. The fourth-order valence-corrected chi connectivity index (χ4v) is 2.18. The lowest BCUT2D eigenvalue weighted by molar-refractivity contribution is 0.240. The van der Waals surface area contributed by atoms with Crippen LogP contribution in [-0.2, 0) is 13.6 Å². The molecule has 1 unspecified atom stereocenters. The number of aromatic nitrogens is 1. The average Bonchev–Trinajstić information content (AvgIpc) is 2.65. The van der Waals surface area contributed by atoms with Gasteiger partial charge in [-0.25, -0.2) is 4.79 Å². The highest BCUT2D eigenvalue weighted by Gasteiger charge is 2.11. The van der Waals surface area contributed by atoms with E-state index in [9.17, 15) is 4.79 Å². The summed E-state index contributed by atoms with van der Waals surface area (Å²) in [7, 11) is 3.79. The van der Waals surface area contributed by atoms with E-state index in [1.54, 1.807) is 7.05 Å². The van der Waals surface area contributed by atoms with E-state index in [-0.39, 0.29) is 5.76 Å². The summed E-state index contributed by atoms with van der Waals surface area (Å²) in [6.45, 7) is 3.67. The number of nitrogens with zero attached hydrogens (tertiary/aromatic N) is 2. The largest absolute Gasteiger partial charge is 0.419 e. The molecule has 104 valence electrons. The first kappa shape index (κ1) is 13.8. The molecule has 19 heavy (non-hydrogen) atoms. The van der Waals surface area contributed by atoms with E-state index < -0.39 is 0 Å². The Balaban J connectivity index is 2.20. The Labute approximate surface area is 112 Å². The van der Waals surface area contributed by atoms with Crippen LogP contribution in [-0.4, -0.2) is 29.1 Å². The van der Waals surface area contributed by atoms with Crippen molar-refractivity contribution >= 4 is 11.1 Å². The number of nitrogens with two attached hydrogens (primary N) is 1. The third kappa shape index (κ3) is 2.88. The molecule has 0 aliphatic heterocycles. The van der Waals surface area contributed by atoms with Crippen molar-refractivity contribution in [2.75, 3.05) is 13.6 Å². The van der Waals surface area contributed by atoms with E-state index in [0.29, 0.717) is 18.2 Å². The zero-order valence-electron chi connectivity index (χ0n) is 11.7. The van der Waals surface area contributed by atoms with Gasteiger partial charge in [-0.3, -0.25) is 9.47 Å². The molecule has 2 N–H and O–H groups in total. The van der Waals surface area contributed by atoms with E-state index in [2.05, 4.69) is 18.9 Å². The highest BCUT2D eigenvalue weighted by atomic mass is 16.4. The van der Waals surface area contributed by atoms with Crippen molar-refractivity contribution in [3.63, 3.8) is 0 Å². The maximum Gasteiger partial charge on any atom is 0.419 e. The molecule has 1 heterocycles. The fraction of sp³-hybridized carbons (Fsp3) is 0.500. The standard InChI is InChI=1S/C14H21N3O2/c1-10(6-7-15)16(2)9-11-4-5-12-13(8-11)19-14(18)17(12)3/h4-5,8,10H,6-7,9,15H2,1-3H3. The summed E-state index contributed by atoms with van der Waals surface area (Å²) in [5, 5.41) is 0. The van der Waals surface area contributed by atoms with Crippen LogP contribution in [0.2, 0.25) is 0 Å². The number of hydrogen-bond donors (Lipinski definition) is 1. The highest BCUT2D eigenvalue weighted by molar-refractivity contribution is 5.73. The number of benzene rings is 1. The van der Waals surface area contributed by atoms with Crippen LogP contribution in [0.15, 0.2) is 27.4 Å². The van der Waals surface area contributed by atoms with Gasteiger partial charge in [-0.1, -0.05) is 6.07 Å². The van der Waals surface area contributed by atoms with Gasteiger partial charge >= 0.3 is 5.76 Å². The third-order valence-electron chi connectivity index (χ3n) is 3.63. The first-order valence-corrected chi connectivity index (χ1v) is 6.51. The van der Waals surface area contributed by atoms with Gasteiger partial charge in [0.15, 0.2) is 5.58 Å². The van der Waals surface area contributed by atoms with Crippen LogP contribution in [0.5, 0.6) is 0 Å². The first-order valence-electron chi connectivity index (χ1n) is 6.51. The number of rotatable bonds is 5. The van der Waals surface area contributed by atoms with E-state index in [1.165, 1.54) is 4.57 Å². The molecule has 0 radical (unpaired) electrons. The Hall–Kier alpha value is -1.59. The Morgan fingerprint density at radius 1 is 1.47 bits per heavy atom. The van der Waals surface area contributed by atoms with Crippen LogP contribution in [0.25, 0.3) is 11.1 Å². The van der Waals surface area contributed by atoms with Gasteiger partial charge in [0.2, 0.25) is 0 Å². The smallest absolute Gasteiger partial charge is 0.408 e. The monoisotopic (exact) mass is 263 g/mol. The highest BCUT2D eigenvalue weighted by Crippen LogP contribution is 2.16. The van der Waals surface area contributed by atoms with Crippen LogP contribution in [0.3, 0.4) is 0 Å². The molecule has 0 aliphatic rings. The minimum absolute atomic E-state index is 0.322. The lowest BCUT2D eigenvalue weighted by Crippen LogP contribution is -2.30. The van der Waals surface area contributed by atoms with Gasteiger partial charge < -0.3 is 10.2 Å². The van der Waals surface area contributed by atoms with E-state index in [1.807, 2.05) is 18.2 Å². The van der Waals surface area contributed by atoms with Crippen molar-refractivity contribution in [2.45, 2.75) is 25.9 Å². The van der Waals surface area contributed by atoms with Gasteiger partial charge in [-0.2, -0.15) is 0 Å². The summed E-state index contributed by atoms with van der Waals surface area (Å²) < 4.78 is 6.71. The molecule has 0 amide bonds. The lowest BCUT2D eigenvalue weighted by Gasteiger charge is -2.24. The van der Waals surface area contributed by atoms with Gasteiger partial charge in [-0.05, 0) is 44.6 Å². The average molecular weight is 263 g/mol. The van der Waals surface area contributed by atoms with Crippen LogP contribution in [0, 0.1) is 0 Å². The predicted octanol–water partition coefficient (Wildman–Crippen LogP) is 1.30. The van der Waals surface area contributed by atoms with Gasteiger partial charge in [-0.15, -0.1) is 0 Å². The molecule has 0 bridgehead atoms. The Morgan fingerprint density at radius 2 is 2.21 bits per heavy atom.